The lowest BCUT2D eigenvalue weighted by Gasteiger charge is -2.12. The SMILES string of the molecule is c1ccc(-c2cc(-n3c4ccccc4c4cc(-c5ccc(-n6c7ccccc7c7c6ccc6c8ccccc8n(-c8ccccc8)c67)cc5)ccc43)nc(-c3ccccc3)n2)cc1. The van der Waals surface area contributed by atoms with Gasteiger partial charge in [-0.15, -0.1) is 0 Å². The van der Waals surface area contributed by atoms with E-state index in [9.17, 15) is 0 Å². The van der Waals surface area contributed by atoms with Crippen LogP contribution in [-0.4, -0.2) is 23.7 Å². The van der Waals surface area contributed by atoms with Crippen molar-refractivity contribution >= 4 is 65.4 Å². The summed E-state index contributed by atoms with van der Waals surface area (Å²) in [5, 5.41) is 7.35. The van der Waals surface area contributed by atoms with Gasteiger partial charge in [-0.2, -0.15) is 0 Å². The maximum Gasteiger partial charge on any atom is 0.162 e. The van der Waals surface area contributed by atoms with Crippen LogP contribution < -0.4 is 0 Å². The number of aromatic nitrogens is 5. The number of fused-ring (bicyclic) bond motifs is 10. The fourth-order valence-electron chi connectivity index (χ4n) is 9.86. The highest BCUT2D eigenvalue weighted by Crippen LogP contribution is 2.42. The van der Waals surface area contributed by atoms with E-state index in [0.717, 1.165) is 56.2 Å². The molecule has 5 nitrogen and oxygen atoms in total. The van der Waals surface area contributed by atoms with E-state index in [1.165, 1.54) is 54.4 Å². The van der Waals surface area contributed by atoms with Crippen molar-refractivity contribution in [2.75, 3.05) is 0 Å². The minimum atomic E-state index is 0.695. The highest BCUT2D eigenvalue weighted by atomic mass is 15.1. The molecule has 9 aromatic carbocycles. The van der Waals surface area contributed by atoms with Crippen LogP contribution in [-0.2, 0) is 0 Å². The van der Waals surface area contributed by atoms with E-state index in [1.807, 2.05) is 24.3 Å². The average molecular weight is 804 g/mol. The van der Waals surface area contributed by atoms with Crippen molar-refractivity contribution in [2.24, 2.45) is 0 Å². The molecule has 13 rings (SSSR count). The Morgan fingerprint density at radius 3 is 1.52 bits per heavy atom. The van der Waals surface area contributed by atoms with Crippen LogP contribution in [0, 0.1) is 0 Å². The summed E-state index contributed by atoms with van der Waals surface area (Å²) in [6.45, 7) is 0. The van der Waals surface area contributed by atoms with Crippen LogP contribution in [0.5, 0.6) is 0 Å². The van der Waals surface area contributed by atoms with E-state index >= 15 is 0 Å². The minimum absolute atomic E-state index is 0.695. The molecule has 0 aliphatic carbocycles. The smallest absolute Gasteiger partial charge is 0.162 e. The molecule has 0 N–H and O–H groups in total. The minimum Gasteiger partial charge on any atom is -0.309 e. The van der Waals surface area contributed by atoms with Crippen LogP contribution in [0.25, 0.3) is 116 Å². The van der Waals surface area contributed by atoms with Crippen molar-refractivity contribution in [2.45, 2.75) is 0 Å². The zero-order valence-corrected chi connectivity index (χ0v) is 34.1. The average Bonchev–Trinajstić information content (AvgIpc) is 4.00. The Morgan fingerprint density at radius 1 is 0.286 bits per heavy atom. The summed E-state index contributed by atoms with van der Waals surface area (Å²) in [5.41, 5.74) is 14.5. The summed E-state index contributed by atoms with van der Waals surface area (Å²) in [4.78, 5) is 10.3. The lowest BCUT2D eigenvalue weighted by atomic mass is 10.0. The first kappa shape index (κ1) is 35.2. The third-order valence-corrected chi connectivity index (χ3v) is 12.7. The maximum absolute atomic E-state index is 5.23. The number of hydrogen-bond acceptors (Lipinski definition) is 2. The van der Waals surface area contributed by atoms with Crippen molar-refractivity contribution in [1.82, 2.24) is 23.7 Å². The Bertz CT molecular complexity index is 3820. The normalized spacial score (nSPS) is 11.8. The molecule has 63 heavy (non-hydrogen) atoms. The quantitative estimate of drug-likeness (QED) is 0.168. The molecule has 13 aromatic rings. The second-order valence-electron chi connectivity index (χ2n) is 16.2. The Morgan fingerprint density at radius 2 is 0.810 bits per heavy atom. The van der Waals surface area contributed by atoms with E-state index in [4.69, 9.17) is 9.97 Å². The molecule has 0 unspecified atom stereocenters. The van der Waals surface area contributed by atoms with Gasteiger partial charge < -0.3 is 9.13 Å². The monoisotopic (exact) mass is 803 g/mol. The summed E-state index contributed by atoms with van der Waals surface area (Å²) in [6, 6.07) is 80.2. The van der Waals surface area contributed by atoms with Crippen LogP contribution in [0.1, 0.15) is 0 Å². The predicted molar refractivity (Wildman–Crippen MR) is 261 cm³/mol. The van der Waals surface area contributed by atoms with Crippen molar-refractivity contribution in [1.29, 1.82) is 0 Å². The highest BCUT2D eigenvalue weighted by molar-refractivity contribution is 6.26. The van der Waals surface area contributed by atoms with E-state index in [2.05, 4.69) is 214 Å². The first-order valence-corrected chi connectivity index (χ1v) is 21.4. The van der Waals surface area contributed by atoms with E-state index in [1.54, 1.807) is 0 Å². The van der Waals surface area contributed by atoms with Gasteiger partial charge in [0.25, 0.3) is 0 Å². The first-order chi connectivity index (χ1) is 31.3. The molecular weight excluding hydrogens is 767 g/mol. The molecule has 0 fully saturated rings. The van der Waals surface area contributed by atoms with Gasteiger partial charge in [-0.1, -0.05) is 158 Å². The van der Waals surface area contributed by atoms with Crippen molar-refractivity contribution < 1.29 is 0 Å². The Labute approximate surface area is 363 Å². The number of para-hydroxylation sites is 4. The van der Waals surface area contributed by atoms with Crippen molar-refractivity contribution in [3.63, 3.8) is 0 Å². The van der Waals surface area contributed by atoms with E-state index in [-0.39, 0.29) is 0 Å². The van der Waals surface area contributed by atoms with Crippen molar-refractivity contribution in [3.05, 3.63) is 224 Å². The molecule has 0 saturated carbocycles. The molecule has 0 spiro atoms. The third-order valence-electron chi connectivity index (χ3n) is 12.7. The van der Waals surface area contributed by atoms with Gasteiger partial charge in [0.2, 0.25) is 0 Å². The molecule has 0 atom stereocenters. The Balaban J connectivity index is 0.956. The molecule has 0 bridgehead atoms. The summed E-state index contributed by atoms with van der Waals surface area (Å²) >= 11 is 0. The van der Waals surface area contributed by atoms with Crippen LogP contribution in [0.3, 0.4) is 0 Å². The molecule has 0 aliphatic rings. The van der Waals surface area contributed by atoms with Crippen LogP contribution in [0.2, 0.25) is 0 Å². The Hall–Kier alpha value is -8.54. The van der Waals surface area contributed by atoms with Gasteiger partial charge in [-0.25, -0.2) is 9.97 Å². The lowest BCUT2D eigenvalue weighted by Crippen LogP contribution is -2.02. The van der Waals surface area contributed by atoms with E-state index < -0.39 is 0 Å². The Kier molecular flexibility index (Phi) is 7.84. The molecule has 0 amide bonds. The van der Waals surface area contributed by atoms with Gasteiger partial charge in [0, 0.05) is 60.9 Å². The van der Waals surface area contributed by atoms with Crippen LogP contribution >= 0.6 is 0 Å². The molecule has 0 radical (unpaired) electrons. The predicted octanol–water partition coefficient (Wildman–Crippen LogP) is 14.8. The zero-order chi connectivity index (χ0) is 41.4. The number of rotatable bonds is 6. The molecule has 0 aliphatic heterocycles. The second-order valence-corrected chi connectivity index (χ2v) is 16.2. The maximum atomic E-state index is 5.23. The van der Waals surface area contributed by atoms with Gasteiger partial charge in [-0.3, -0.25) is 4.57 Å². The number of benzene rings is 9. The van der Waals surface area contributed by atoms with Crippen LogP contribution in [0.15, 0.2) is 224 Å². The van der Waals surface area contributed by atoms with Crippen LogP contribution in [0.4, 0.5) is 0 Å². The fraction of sp³-hybridized carbons (Fsp3) is 0. The standard InChI is InChI=1S/C58H37N5/c1-4-16-39(17-5-1)49-37-55(60-58(59-49)40-18-6-2-7-19-40)63-51-26-14-11-23-45(51)48-36-41(30-34-53(48)63)38-28-31-43(32-29-38)61-52-27-15-12-24-47(52)56-54(61)35-33-46-44-22-10-13-25-50(44)62(57(46)56)42-20-8-3-9-21-42/h1-37H. The largest absolute Gasteiger partial charge is 0.309 e. The topological polar surface area (TPSA) is 40.6 Å². The molecular formula is C58H37N5. The summed E-state index contributed by atoms with van der Waals surface area (Å²) in [6.07, 6.45) is 0. The fourth-order valence-corrected chi connectivity index (χ4v) is 9.86. The van der Waals surface area contributed by atoms with Gasteiger partial charge in [0.1, 0.15) is 5.82 Å². The molecule has 4 heterocycles. The van der Waals surface area contributed by atoms with E-state index in [0.29, 0.717) is 5.82 Å². The summed E-state index contributed by atoms with van der Waals surface area (Å²) < 4.78 is 7.15. The summed E-state index contributed by atoms with van der Waals surface area (Å²) in [7, 11) is 0. The molecule has 5 heteroatoms. The highest BCUT2D eigenvalue weighted by Gasteiger charge is 2.21. The third kappa shape index (κ3) is 5.50. The van der Waals surface area contributed by atoms with Gasteiger partial charge in [-0.05, 0) is 71.8 Å². The number of nitrogens with zero attached hydrogens (tertiary/aromatic N) is 5. The number of hydrogen-bond donors (Lipinski definition) is 0. The van der Waals surface area contributed by atoms with Gasteiger partial charge >= 0.3 is 0 Å². The van der Waals surface area contributed by atoms with Gasteiger partial charge in [0.15, 0.2) is 5.82 Å². The first-order valence-electron chi connectivity index (χ1n) is 21.4. The lowest BCUT2D eigenvalue weighted by molar-refractivity contribution is 1.05. The zero-order valence-electron chi connectivity index (χ0n) is 34.1. The molecule has 294 valence electrons. The van der Waals surface area contributed by atoms with Gasteiger partial charge in [0.05, 0.1) is 38.8 Å². The van der Waals surface area contributed by atoms with Crippen molar-refractivity contribution in [3.8, 4) is 51.0 Å². The molecule has 0 saturated heterocycles. The second kappa shape index (κ2) is 14.0. The summed E-state index contributed by atoms with van der Waals surface area (Å²) in [5.74, 6) is 1.53. The molecule has 4 aromatic heterocycles.